The summed E-state index contributed by atoms with van der Waals surface area (Å²) in [4.78, 5) is 23.0. The molecule has 1 aromatic heterocycles. The molecule has 1 aromatic carbocycles. The summed E-state index contributed by atoms with van der Waals surface area (Å²) in [6, 6.07) is 6.44. The summed E-state index contributed by atoms with van der Waals surface area (Å²) in [6.45, 7) is -0.0258. The molecule has 0 aliphatic carbocycles. The lowest BCUT2D eigenvalue weighted by atomic mass is 10.1. The summed E-state index contributed by atoms with van der Waals surface area (Å²) in [5.74, 6) is 1.08. The second kappa shape index (κ2) is 7.25. The van der Waals surface area contributed by atoms with E-state index in [1.165, 1.54) is 0 Å². The second-order valence-electron chi connectivity index (χ2n) is 5.52. The van der Waals surface area contributed by atoms with Crippen molar-refractivity contribution in [2.45, 2.75) is 25.5 Å². The summed E-state index contributed by atoms with van der Waals surface area (Å²) in [5.41, 5.74) is 1.23. The Bertz CT molecular complexity index is 785. The molecule has 8 nitrogen and oxygen atoms in total. The zero-order valence-corrected chi connectivity index (χ0v) is 13.9. The summed E-state index contributed by atoms with van der Waals surface area (Å²) in [5, 5.41) is 6.45. The topological polar surface area (TPSA) is 99.9 Å². The van der Waals surface area contributed by atoms with Crippen molar-refractivity contribution in [3.63, 3.8) is 0 Å². The Morgan fingerprint density at radius 2 is 2.08 bits per heavy atom. The van der Waals surface area contributed by atoms with E-state index in [0.29, 0.717) is 35.8 Å². The zero-order chi connectivity index (χ0) is 17.8. The number of nitrogens with zero attached hydrogens (tertiary/aromatic N) is 1. The van der Waals surface area contributed by atoms with Gasteiger partial charge in [0.1, 0.15) is 18.3 Å². The van der Waals surface area contributed by atoms with Gasteiger partial charge in [0.15, 0.2) is 17.3 Å². The Morgan fingerprint density at radius 1 is 1.28 bits per heavy atom. The van der Waals surface area contributed by atoms with Crippen LogP contribution < -0.4 is 14.8 Å². The van der Waals surface area contributed by atoms with Gasteiger partial charge in [0.05, 0.1) is 14.2 Å². The molecule has 132 valence electrons. The molecule has 2 aromatic rings. The molecule has 1 fully saturated rings. The van der Waals surface area contributed by atoms with Gasteiger partial charge in [0, 0.05) is 18.1 Å². The third-order valence-corrected chi connectivity index (χ3v) is 3.87. The van der Waals surface area contributed by atoms with Crippen molar-refractivity contribution in [2.75, 3.05) is 14.2 Å². The van der Waals surface area contributed by atoms with Crippen molar-refractivity contribution in [3.05, 3.63) is 30.0 Å². The number of rotatable bonds is 6. The Labute approximate surface area is 144 Å². The summed E-state index contributed by atoms with van der Waals surface area (Å²) < 4.78 is 20.9. The maximum atomic E-state index is 11.9. The van der Waals surface area contributed by atoms with Crippen molar-refractivity contribution in [1.29, 1.82) is 0 Å². The lowest BCUT2D eigenvalue weighted by Crippen LogP contribution is -2.34. The first kappa shape index (κ1) is 16.8. The summed E-state index contributed by atoms with van der Waals surface area (Å²) >= 11 is 0. The Hall–Kier alpha value is -3.03. The van der Waals surface area contributed by atoms with Crippen molar-refractivity contribution in [3.8, 4) is 22.8 Å². The van der Waals surface area contributed by atoms with E-state index < -0.39 is 12.0 Å². The fraction of sp³-hybridized carbons (Fsp3) is 0.353. The lowest BCUT2D eigenvalue weighted by Gasteiger charge is -2.08. The standard InChI is InChI=1S/C17H18N2O6/c1-22-13-5-3-10(7-15(13)23-2)14-8-11(19-25-14)9-24-17(21)12-4-6-16(20)18-12/h3,5,7-8,12H,4,6,9H2,1-2H3,(H,18,20). The van der Waals surface area contributed by atoms with Gasteiger partial charge in [-0.2, -0.15) is 0 Å². The summed E-state index contributed by atoms with van der Waals surface area (Å²) in [7, 11) is 3.11. The molecule has 1 saturated heterocycles. The van der Waals surface area contributed by atoms with Gasteiger partial charge in [-0.3, -0.25) is 4.79 Å². The number of methoxy groups -OCH3 is 2. The molecule has 1 aliphatic rings. The minimum atomic E-state index is -0.579. The van der Waals surface area contributed by atoms with Crippen LogP contribution in [-0.4, -0.2) is 37.3 Å². The van der Waals surface area contributed by atoms with Crippen LogP contribution in [0.15, 0.2) is 28.8 Å². The van der Waals surface area contributed by atoms with Crippen LogP contribution in [0.25, 0.3) is 11.3 Å². The van der Waals surface area contributed by atoms with Crippen molar-refractivity contribution >= 4 is 11.9 Å². The molecule has 0 radical (unpaired) electrons. The predicted octanol–water partition coefficient (Wildman–Crippen LogP) is 1.68. The average molecular weight is 346 g/mol. The Balaban J connectivity index is 1.64. The van der Waals surface area contributed by atoms with E-state index in [9.17, 15) is 9.59 Å². The van der Waals surface area contributed by atoms with E-state index in [4.69, 9.17) is 18.7 Å². The van der Waals surface area contributed by atoms with Crippen LogP contribution in [0.5, 0.6) is 11.5 Å². The fourth-order valence-electron chi connectivity index (χ4n) is 2.54. The van der Waals surface area contributed by atoms with Crippen LogP contribution in [0.3, 0.4) is 0 Å². The molecule has 25 heavy (non-hydrogen) atoms. The van der Waals surface area contributed by atoms with Gasteiger partial charge in [-0.25, -0.2) is 4.79 Å². The number of esters is 1. The Kier molecular flexibility index (Phi) is 4.87. The van der Waals surface area contributed by atoms with Crippen LogP contribution in [0.2, 0.25) is 0 Å². The molecule has 1 atom stereocenters. The van der Waals surface area contributed by atoms with Gasteiger partial charge in [0.25, 0.3) is 0 Å². The smallest absolute Gasteiger partial charge is 0.329 e. The number of carbonyl (C=O) groups excluding carboxylic acids is 2. The predicted molar refractivity (Wildman–Crippen MR) is 86.0 cm³/mol. The number of benzene rings is 1. The molecule has 8 heteroatoms. The molecule has 1 aliphatic heterocycles. The average Bonchev–Trinajstić information content (AvgIpc) is 3.28. The number of carbonyl (C=O) groups is 2. The molecule has 2 heterocycles. The maximum absolute atomic E-state index is 11.9. The van der Waals surface area contributed by atoms with Crippen LogP contribution in [-0.2, 0) is 20.9 Å². The normalized spacial score (nSPS) is 16.4. The summed E-state index contributed by atoms with van der Waals surface area (Å²) in [6.07, 6.45) is 0.792. The molecule has 1 N–H and O–H groups in total. The highest BCUT2D eigenvalue weighted by atomic mass is 16.5. The highest BCUT2D eigenvalue weighted by molar-refractivity contribution is 5.88. The van der Waals surface area contributed by atoms with E-state index in [0.717, 1.165) is 5.56 Å². The van der Waals surface area contributed by atoms with Crippen LogP contribution in [0, 0.1) is 0 Å². The zero-order valence-electron chi connectivity index (χ0n) is 13.9. The first-order chi connectivity index (χ1) is 12.1. The van der Waals surface area contributed by atoms with Gasteiger partial charge in [-0.1, -0.05) is 5.16 Å². The third kappa shape index (κ3) is 3.73. The fourth-order valence-corrected chi connectivity index (χ4v) is 2.54. The minimum absolute atomic E-state index is 0.0258. The minimum Gasteiger partial charge on any atom is -0.493 e. The lowest BCUT2D eigenvalue weighted by molar-refractivity contribution is -0.147. The van der Waals surface area contributed by atoms with E-state index in [2.05, 4.69) is 10.5 Å². The molecular weight excluding hydrogens is 328 g/mol. The number of aromatic nitrogens is 1. The van der Waals surface area contributed by atoms with Gasteiger partial charge in [0.2, 0.25) is 5.91 Å². The van der Waals surface area contributed by atoms with Gasteiger partial charge in [-0.15, -0.1) is 0 Å². The van der Waals surface area contributed by atoms with Crippen molar-refractivity contribution < 1.29 is 28.3 Å². The first-order valence-electron chi connectivity index (χ1n) is 7.74. The number of amides is 1. The molecule has 0 saturated carbocycles. The highest BCUT2D eigenvalue weighted by Crippen LogP contribution is 2.32. The molecular formula is C17H18N2O6. The van der Waals surface area contributed by atoms with E-state index in [1.807, 2.05) is 6.07 Å². The van der Waals surface area contributed by atoms with Gasteiger partial charge in [-0.05, 0) is 24.6 Å². The Morgan fingerprint density at radius 3 is 2.76 bits per heavy atom. The van der Waals surface area contributed by atoms with Crippen LogP contribution in [0.4, 0.5) is 0 Å². The molecule has 0 spiro atoms. The van der Waals surface area contributed by atoms with E-state index in [1.54, 1.807) is 32.4 Å². The van der Waals surface area contributed by atoms with Crippen molar-refractivity contribution in [1.82, 2.24) is 10.5 Å². The van der Waals surface area contributed by atoms with E-state index in [-0.39, 0.29) is 12.5 Å². The monoisotopic (exact) mass is 346 g/mol. The quantitative estimate of drug-likeness (QED) is 0.794. The maximum Gasteiger partial charge on any atom is 0.329 e. The molecule has 3 rings (SSSR count). The number of ether oxygens (including phenoxy) is 3. The molecule has 1 unspecified atom stereocenters. The second-order valence-corrected chi connectivity index (χ2v) is 5.52. The molecule has 0 bridgehead atoms. The number of hydrogen-bond donors (Lipinski definition) is 1. The number of hydrogen-bond acceptors (Lipinski definition) is 7. The van der Waals surface area contributed by atoms with Gasteiger partial charge < -0.3 is 24.1 Å². The number of nitrogens with one attached hydrogen (secondary N) is 1. The van der Waals surface area contributed by atoms with E-state index >= 15 is 0 Å². The van der Waals surface area contributed by atoms with Crippen LogP contribution >= 0.6 is 0 Å². The largest absolute Gasteiger partial charge is 0.493 e. The van der Waals surface area contributed by atoms with Crippen LogP contribution in [0.1, 0.15) is 18.5 Å². The SMILES string of the molecule is COc1ccc(-c2cc(COC(=O)C3CCC(=O)N3)no2)cc1OC. The third-order valence-electron chi connectivity index (χ3n) is 3.87. The first-order valence-corrected chi connectivity index (χ1v) is 7.74. The van der Waals surface area contributed by atoms with Gasteiger partial charge >= 0.3 is 5.97 Å². The highest BCUT2D eigenvalue weighted by Gasteiger charge is 2.28. The van der Waals surface area contributed by atoms with Crippen molar-refractivity contribution in [2.24, 2.45) is 0 Å². The molecule has 1 amide bonds.